The smallest absolute Gasteiger partial charge is 0.462 e. The van der Waals surface area contributed by atoms with Crippen LogP contribution < -0.4 is 0 Å². The molecule has 572 valence electrons. The molecule has 17 nitrogen and oxygen atoms in total. The number of aliphatic hydroxyl groups is 1. The summed E-state index contributed by atoms with van der Waals surface area (Å²) < 4.78 is 68.4. The maximum Gasteiger partial charge on any atom is 0.472 e. The molecule has 19 heteroatoms. The fraction of sp³-hybridized carbons (Fsp3) is 0.679. The van der Waals surface area contributed by atoms with Crippen molar-refractivity contribution in [2.75, 3.05) is 39.6 Å². The first-order valence-electron chi connectivity index (χ1n) is 38.4. The van der Waals surface area contributed by atoms with Gasteiger partial charge in [-0.15, -0.1) is 0 Å². The predicted octanol–water partition coefficient (Wildman–Crippen LogP) is 22.1. The van der Waals surface area contributed by atoms with Gasteiger partial charge in [-0.05, 0) is 128 Å². The molecule has 0 radical (unpaired) electrons. The molecular weight excluding hydrogens is 1310 g/mol. The molecule has 0 aromatic carbocycles. The molecule has 5 unspecified atom stereocenters. The Balaban J connectivity index is 5.44. The molecule has 0 rings (SSSR count). The zero-order chi connectivity index (χ0) is 73.2. The zero-order valence-electron chi connectivity index (χ0n) is 62.3. The Bertz CT molecular complexity index is 2420. The van der Waals surface area contributed by atoms with E-state index in [1.165, 1.54) is 51.4 Å². The van der Waals surface area contributed by atoms with Gasteiger partial charge in [-0.1, -0.05) is 277 Å². The van der Waals surface area contributed by atoms with Crippen LogP contribution in [0.2, 0.25) is 0 Å². The Morgan fingerprint density at radius 3 is 0.880 bits per heavy atom. The topological polar surface area (TPSA) is 237 Å². The van der Waals surface area contributed by atoms with Crippen molar-refractivity contribution in [2.45, 2.75) is 316 Å². The zero-order valence-corrected chi connectivity index (χ0v) is 64.1. The summed E-state index contributed by atoms with van der Waals surface area (Å²) in [6, 6.07) is 0. The number of hydrogen-bond acceptors (Lipinski definition) is 15. The Labute approximate surface area is 605 Å². The lowest BCUT2D eigenvalue weighted by Crippen LogP contribution is -2.30. The van der Waals surface area contributed by atoms with Crippen LogP contribution in [0, 0.1) is 0 Å². The minimum atomic E-state index is -5.00. The van der Waals surface area contributed by atoms with Gasteiger partial charge in [0.2, 0.25) is 0 Å². The molecule has 0 amide bonds. The number of aliphatic hydroxyl groups excluding tert-OH is 1. The van der Waals surface area contributed by atoms with Gasteiger partial charge >= 0.3 is 39.5 Å². The van der Waals surface area contributed by atoms with Gasteiger partial charge in [-0.2, -0.15) is 0 Å². The average molecular weight is 1440 g/mol. The number of phosphoric acid groups is 2. The number of carbonyl (C=O) groups excluding carboxylic acids is 4. The van der Waals surface area contributed by atoms with Gasteiger partial charge < -0.3 is 33.8 Å². The monoisotopic (exact) mass is 1440 g/mol. The minimum absolute atomic E-state index is 0.0511. The maximum atomic E-state index is 13.1. The molecule has 0 aliphatic heterocycles. The number of allylic oxidation sites excluding steroid dienone is 22. The lowest BCUT2D eigenvalue weighted by molar-refractivity contribution is -0.161. The highest BCUT2D eigenvalue weighted by Gasteiger charge is 2.30. The van der Waals surface area contributed by atoms with Crippen molar-refractivity contribution < 1.29 is 80.2 Å². The van der Waals surface area contributed by atoms with Crippen molar-refractivity contribution in [3.8, 4) is 0 Å². The number of ether oxygens (including phenoxy) is 4. The Morgan fingerprint density at radius 2 is 0.550 bits per heavy atom. The summed E-state index contributed by atoms with van der Waals surface area (Å²) in [6.45, 7) is 4.47. The van der Waals surface area contributed by atoms with Gasteiger partial charge in [0.05, 0.1) is 26.4 Å². The second kappa shape index (κ2) is 72.5. The quantitative estimate of drug-likeness (QED) is 0.0169. The van der Waals surface area contributed by atoms with Crippen molar-refractivity contribution in [3.63, 3.8) is 0 Å². The van der Waals surface area contributed by atoms with E-state index >= 15 is 0 Å². The fourth-order valence-corrected chi connectivity index (χ4v) is 11.4. The summed E-state index contributed by atoms with van der Waals surface area (Å²) in [7, 11) is -9.98. The number of rotatable bonds is 71. The second-order valence-corrected chi connectivity index (χ2v) is 28.1. The van der Waals surface area contributed by atoms with E-state index in [1.54, 1.807) is 0 Å². The van der Waals surface area contributed by atoms with Crippen LogP contribution in [-0.4, -0.2) is 96.7 Å². The van der Waals surface area contributed by atoms with Gasteiger partial charge in [0, 0.05) is 25.7 Å². The van der Waals surface area contributed by atoms with Gasteiger partial charge in [0.25, 0.3) is 0 Å². The van der Waals surface area contributed by atoms with E-state index in [0.29, 0.717) is 32.1 Å². The minimum Gasteiger partial charge on any atom is -0.462 e. The van der Waals surface area contributed by atoms with Gasteiger partial charge in [-0.25, -0.2) is 9.13 Å². The fourth-order valence-electron chi connectivity index (χ4n) is 9.81. The van der Waals surface area contributed by atoms with E-state index in [9.17, 15) is 43.2 Å². The van der Waals surface area contributed by atoms with Crippen molar-refractivity contribution >= 4 is 39.5 Å². The molecule has 3 N–H and O–H groups in total. The molecule has 0 aliphatic rings. The van der Waals surface area contributed by atoms with Crippen LogP contribution in [0.3, 0.4) is 0 Å². The van der Waals surface area contributed by atoms with Crippen molar-refractivity contribution in [2.24, 2.45) is 0 Å². The Kier molecular flexibility index (Phi) is 69.1. The van der Waals surface area contributed by atoms with E-state index in [1.807, 2.05) is 12.2 Å². The van der Waals surface area contributed by atoms with E-state index in [0.717, 1.165) is 161 Å². The molecule has 0 saturated heterocycles. The lowest BCUT2D eigenvalue weighted by atomic mass is 10.0. The van der Waals surface area contributed by atoms with Crippen molar-refractivity contribution in [1.29, 1.82) is 0 Å². The number of carbonyl (C=O) groups is 4. The summed E-state index contributed by atoms with van der Waals surface area (Å²) in [5.74, 6) is -2.28. The molecule has 0 spiro atoms. The molecule has 0 aromatic rings. The molecule has 0 fully saturated rings. The molecule has 0 saturated carbocycles. The number of esters is 4. The van der Waals surface area contributed by atoms with Crippen LogP contribution in [0.1, 0.15) is 297 Å². The van der Waals surface area contributed by atoms with Crippen molar-refractivity contribution in [3.05, 3.63) is 134 Å². The Morgan fingerprint density at radius 1 is 0.290 bits per heavy atom. The van der Waals surface area contributed by atoms with E-state index in [2.05, 4.69) is 149 Å². The summed E-state index contributed by atoms with van der Waals surface area (Å²) in [6.07, 6.45) is 80.2. The van der Waals surface area contributed by atoms with Crippen LogP contribution in [0.5, 0.6) is 0 Å². The van der Waals surface area contributed by atoms with Gasteiger partial charge in [-0.3, -0.25) is 37.3 Å². The number of unbranched alkanes of at least 4 members (excludes halogenated alkanes) is 23. The van der Waals surface area contributed by atoms with Crippen LogP contribution in [0.15, 0.2) is 134 Å². The highest BCUT2D eigenvalue weighted by Crippen LogP contribution is 2.45. The molecule has 100 heavy (non-hydrogen) atoms. The summed E-state index contributed by atoms with van der Waals surface area (Å²) in [5, 5.41) is 10.6. The molecule has 0 bridgehead atoms. The Hall–Kier alpha value is -4.80. The first-order valence-corrected chi connectivity index (χ1v) is 41.4. The first kappa shape index (κ1) is 95.2. The second-order valence-electron chi connectivity index (χ2n) is 25.2. The van der Waals surface area contributed by atoms with Crippen LogP contribution in [-0.2, 0) is 65.4 Å². The lowest BCUT2D eigenvalue weighted by Gasteiger charge is -2.21. The van der Waals surface area contributed by atoms with Gasteiger partial charge in [0.15, 0.2) is 12.2 Å². The van der Waals surface area contributed by atoms with Crippen LogP contribution in [0.4, 0.5) is 0 Å². The first-order chi connectivity index (χ1) is 48.7. The molecule has 0 aromatic heterocycles. The third-order valence-corrected chi connectivity index (χ3v) is 17.5. The predicted molar refractivity (Wildman–Crippen MR) is 408 cm³/mol. The SMILES string of the molecule is CC/C=C\C/C=C\C/C=C\C/C=C\C/C=C\CCCC(=O)OCC(COP(=O)(O)OCC(O)COP(=O)(O)OCC(COC(=O)CCCCCCC/C=C\C/C=C\CCC)OC(=O)CCCCCCCCCCCCCCC)OC(=O)CCCCCC/C=C\C/C=C\C/C=C\C/C=C\CC. The standard InChI is InChI=1S/C81H136O17P2/c1-5-9-13-17-21-25-29-33-35-37-39-43-46-50-54-58-62-66-79(84)92-72-77(98-81(86)68-64-60-56-52-48-44-40-38-36-34-30-26-22-18-14-10-6-2)74-96-100(89,90)94-70-75(82)69-93-99(87,88)95-73-76(97-80(85)67-63-59-55-51-47-42-32-28-24-20-16-12-8-4)71-91-78(83)65-61-57-53-49-45-41-31-27-23-19-15-11-7-3/h9-10,13-15,19,21-22,25-27,31,33-36,39-40,43-44,50,54,75-77,82H,5-8,11-12,16-18,20,23-24,28-30,32,37-38,41-42,45-49,51-53,55-74H2,1-4H3,(H,87,88)(H,89,90)/b13-9-,14-10-,19-15-,25-21-,26-22-,31-27-,35-33-,36-34-,43-39-,44-40-,54-50-. The summed E-state index contributed by atoms with van der Waals surface area (Å²) in [4.78, 5) is 72.9. The highest BCUT2D eigenvalue weighted by atomic mass is 31.2. The largest absolute Gasteiger partial charge is 0.472 e. The molecule has 5 atom stereocenters. The van der Waals surface area contributed by atoms with Crippen LogP contribution >= 0.6 is 15.6 Å². The molecular formula is C81H136O17P2. The van der Waals surface area contributed by atoms with E-state index in [-0.39, 0.29) is 25.7 Å². The maximum absolute atomic E-state index is 13.1. The molecule has 0 aliphatic carbocycles. The number of phosphoric ester groups is 2. The third-order valence-electron chi connectivity index (χ3n) is 15.6. The van der Waals surface area contributed by atoms with E-state index < -0.39 is 97.5 Å². The van der Waals surface area contributed by atoms with Crippen LogP contribution in [0.25, 0.3) is 0 Å². The normalized spacial score (nSPS) is 14.7. The molecule has 0 heterocycles. The third kappa shape index (κ3) is 71.6. The average Bonchev–Trinajstić information content (AvgIpc) is 1.15. The van der Waals surface area contributed by atoms with Gasteiger partial charge in [0.1, 0.15) is 19.3 Å². The highest BCUT2D eigenvalue weighted by molar-refractivity contribution is 7.47. The number of hydrogen-bond donors (Lipinski definition) is 3. The van der Waals surface area contributed by atoms with E-state index in [4.69, 9.17) is 37.0 Å². The summed E-state index contributed by atoms with van der Waals surface area (Å²) >= 11 is 0. The summed E-state index contributed by atoms with van der Waals surface area (Å²) in [5.41, 5.74) is 0. The van der Waals surface area contributed by atoms with Crippen molar-refractivity contribution in [1.82, 2.24) is 0 Å².